The van der Waals surface area contributed by atoms with E-state index in [1.807, 2.05) is 13.8 Å². The summed E-state index contributed by atoms with van der Waals surface area (Å²) in [6.45, 7) is 10.7. The molecule has 0 unspecified atom stereocenters. The van der Waals surface area contributed by atoms with Crippen LogP contribution >= 0.6 is 0 Å². The molecule has 0 aliphatic heterocycles. The van der Waals surface area contributed by atoms with Crippen LogP contribution in [0, 0.1) is 0 Å². The van der Waals surface area contributed by atoms with Gasteiger partial charge >= 0.3 is 5.97 Å². The van der Waals surface area contributed by atoms with Crippen molar-refractivity contribution in [3.05, 3.63) is 0 Å². The van der Waals surface area contributed by atoms with E-state index in [-0.39, 0.29) is 19.3 Å². The van der Waals surface area contributed by atoms with E-state index in [1.165, 1.54) is 11.4 Å². The monoisotopic (exact) mass is 382 g/mol. The highest BCUT2D eigenvalue weighted by molar-refractivity contribution is 7.88. The second-order valence-corrected chi connectivity index (χ2v) is 9.28. The summed E-state index contributed by atoms with van der Waals surface area (Å²) in [7, 11) is -2.00. The molecule has 9 heteroatoms. The fourth-order valence-corrected chi connectivity index (χ4v) is 3.65. The standard InChI is InChI=1S/C16H34N2O6S/c1-11(2)24-13(9-18(16(4,5)6)25(8,20)21)10-23-15(19)14(17)12(3)22-7/h11-14H,9-10,17H2,1-8H3/t12-,13+,14+/m1/s1. The Hall–Kier alpha value is -0.740. The molecule has 0 saturated carbocycles. The number of hydrogen-bond acceptors (Lipinski definition) is 7. The molecule has 0 radical (unpaired) electrons. The van der Waals surface area contributed by atoms with Gasteiger partial charge in [0.05, 0.1) is 18.5 Å². The summed E-state index contributed by atoms with van der Waals surface area (Å²) in [6, 6.07) is -0.918. The van der Waals surface area contributed by atoms with Crippen molar-refractivity contribution < 1.29 is 27.4 Å². The zero-order chi connectivity index (χ0) is 20.0. The number of methoxy groups -OCH3 is 1. The van der Waals surface area contributed by atoms with Crippen LogP contribution in [0.2, 0.25) is 0 Å². The minimum atomic E-state index is -3.46. The number of carbonyl (C=O) groups excluding carboxylic acids is 1. The second kappa shape index (κ2) is 9.82. The highest BCUT2D eigenvalue weighted by atomic mass is 32.2. The lowest BCUT2D eigenvalue weighted by Gasteiger charge is -2.36. The lowest BCUT2D eigenvalue weighted by atomic mass is 10.1. The molecule has 0 aromatic rings. The first-order valence-electron chi connectivity index (χ1n) is 8.28. The van der Waals surface area contributed by atoms with E-state index in [9.17, 15) is 13.2 Å². The number of nitrogens with two attached hydrogens (primary N) is 1. The molecule has 0 saturated heterocycles. The van der Waals surface area contributed by atoms with Gasteiger partial charge in [0.1, 0.15) is 18.8 Å². The summed E-state index contributed by atoms with van der Waals surface area (Å²) in [5.74, 6) is -0.617. The third kappa shape index (κ3) is 8.96. The lowest BCUT2D eigenvalue weighted by molar-refractivity contribution is -0.154. The van der Waals surface area contributed by atoms with E-state index in [0.29, 0.717) is 0 Å². The van der Waals surface area contributed by atoms with Crippen molar-refractivity contribution in [2.75, 3.05) is 26.5 Å². The van der Waals surface area contributed by atoms with Crippen molar-refractivity contribution in [2.24, 2.45) is 5.73 Å². The van der Waals surface area contributed by atoms with E-state index in [2.05, 4.69) is 0 Å². The van der Waals surface area contributed by atoms with Gasteiger partial charge in [-0.15, -0.1) is 0 Å². The van der Waals surface area contributed by atoms with Crippen molar-refractivity contribution in [3.63, 3.8) is 0 Å². The Labute approximate surface area is 152 Å². The van der Waals surface area contributed by atoms with E-state index in [4.69, 9.17) is 19.9 Å². The summed E-state index contributed by atoms with van der Waals surface area (Å²) in [5, 5.41) is 0. The molecular weight excluding hydrogens is 348 g/mol. The highest BCUT2D eigenvalue weighted by Crippen LogP contribution is 2.19. The van der Waals surface area contributed by atoms with Gasteiger partial charge in [-0.25, -0.2) is 8.42 Å². The summed E-state index contributed by atoms with van der Waals surface area (Å²) in [4.78, 5) is 12.0. The second-order valence-electron chi connectivity index (χ2n) is 7.37. The molecule has 0 rings (SSSR count). The van der Waals surface area contributed by atoms with Crippen LogP contribution < -0.4 is 5.73 Å². The zero-order valence-electron chi connectivity index (χ0n) is 16.6. The molecule has 0 aliphatic rings. The van der Waals surface area contributed by atoms with Crippen LogP contribution in [0.15, 0.2) is 0 Å². The third-order valence-corrected chi connectivity index (χ3v) is 5.04. The quantitative estimate of drug-likeness (QED) is 0.555. The van der Waals surface area contributed by atoms with Crippen molar-refractivity contribution in [1.29, 1.82) is 0 Å². The molecule has 3 atom stereocenters. The molecule has 0 amide bonds. The van der Waals surface area contributed by atoms with Crippen LogP contribution in [-0.4, -0.2) is 75.1 Å². The van der Waals surface area contributed by atoms with Gasteiger partial charge in [0, 0.05) is 19.2 Å². The minimum Gasteiger partial charge on any atom is -0.462 e. The fraction of sp³-hybridized carbons (Fsp3) is 0.938. The Balaban J connectivity index is 5.10. The van der Waals surface area contributed by atoms with Gasteiger partial charge in [-0.2, -0.15) is 4.31 Å². The molecule has 0 bridgehead atoms. The van der Waals surface area contributed by atoms with Crippen LogP contribution in [0.3, 0.4) is 0 Å². The van der Waals surface area contributed by atoms with Crippen molar-refractivity contribution in [3.8, 4) is 0 Å². The summed E-state index contributed by atoms with van der Waals surface area (Å²) in [6.07, 6.45) is -0.106. The average Bonchev–Trinajstić information content (AvgIpc) is 2.44. The number of nitrogens with zero attached hydrogens (tertiary/aromatic N) is 1. The highest BCUT2D eigenvalue weighted by Gasteiger charge is 2.33. The van der Waals surface area contributed by atoms with Gasteiger partial charge < -0.3 is 19.9 Å². The topological polar surface area (TPSA) is 108 Å². The molecular formula is C16H34N2O6S. The first-order valence-corrected chi connectivity index (χ1v) is 10.1. The Morgan fingerprint density at radius 3 is 2.08 bits per heavy atom. The normalized spacial score (nSPS) is 16.8. The van der Waals surface area contributed by atoms with Gasteiger partial charge in [-0.3, -0.25) is 4.79 Å². The Morgan fingerprint density at radius 1 is 1.20 bits per heavy atom. The third-order valence-electron chi connectivity index (χ3n) is 3.54. The van der Waals surface area contributed by atoms with Crippen LogP contribution in [0.5, 0.6) is 0 Å². The molecule has 0 aliphatic carbocycles. The maximum absolute atomic E-state index is 12.1. The number of rotatable bonds is 10. The number of esters is 1. The number of sulfonamides is 1. The van der Waals surface area contributed by atoms with Crippen molar-refractivity contribution >= 4 is 16.0 Å². The Bertz CT molecular complexity index is 515. The summed E-state index contributed by atoms with van der Waals surface area (Å²) in [5.41, 5.74) is 5.12. The molecule has 0 heterocycles. The Kier molecular flexibility index (Phi) is 9.53. The first-order chi connectivity index (χ1) is 11.2. The average molecular weight is 383 g/mol. The predicted molar refractivity (Wildman–Crippen MR) is 96.7 cm³/mol. The van der Waals surface area contributed by atoms with Crippen molar-refractivity contribution in [2.45, 2.75) is 71.4 Å². The molecule has 2 N–H and O–H groups in total. The van der Waals surface area contributed by atoms with Gasteiger partial charge in [0.15, 0.2) is 0 Å². The molecule has 0 spiro atoms. The Morgan fingerprint density at radius 2 is 1.72 bits per heavy atom. The number of hydrogen-bond donors (Lipinski definition) is 1. The van der Waals surface area contributed by atoms with E-state index in [0.717, 1.165) is 6.26 Å². The SMILES string of the molecule is CO[C@H](C)[C@H](N)C(=O)OC[C@H](CN(C(C)(C)C)S(C)(=O)=O)OC(C)C. The van der Waals surface area contributed by atoms with Crippen LogP contribution in [0.25, 0.3) is 0 Å². The predicted octanol–water partition coefficient (Wildman–Crippen LogP) is 0.746. The summed E-state index contributed by atoms with van der Waals surface area (Å²) < 4.78 is 41.5. The van der Waals surface area contributed by atoms with Gasteiger partial charge in [0.25, 0.3) is 0 Å². The van der Waals surface area contributed by atoms with Crippen molar-refractivity contribution in [1.82, 2.24) is 4.31 Å². The van der Waals surface area contributed by atoms with Crippen LogP contribution in [0.4, 0.5) is 0 Å². The number of carbonyl (C=O) groups is 1. The minimum absolute atomic E-state index is 0.0723. The molecule has 0 aromatic carbocycles. The molecule has 0 aromatic heterocycles. The van der Waals surface area contributed by atoms with E-state index in [1.54, 1.807) is 27.7 Å². The molecule has 150 valence electrons. The molecule has 0 fully saturated rings. The zero-order valence-corrected chi connectivity index (χ0v) is 17.4. The maximum Gasteiger partial charge on any atom is 0.325 e. The van der Waals surface area contributed by atoms with Crippen LogP contribution in [-0.2, 0) is 29.0 Å². The largest absolute Gasteiger partial charge is 0.462 e. The first kappa shape index (κ1) is 24.3. The van der Waals surface area contributed by atoms with Gasteiger partial charge in [-0.05, 0) is 41.5 Å². The van der Waals surface area contributed by atoms with Crippen LogP contribution in [0.1, 0.15) is 41.5 Å². The fourth-order valence-electron chi connectivity index (χ4n) is 2.22. The van der Waals surface area contributed by atoms with E-state index < -0.39 is 39.8 Å². The summed E-state index contributed by atoms with van der Waals surface area (Å²) >= 11 is 0. The smallest absolute Gasteiger partial charge is 0.325 e. The lowest BCUT2D eigenvalue weighted by Crippen LogP contribution is -2.51. The molecule has 8 nitrogen and oxygen atoms in total. The maximum atomic E-state index is 12.1. The van der Waals surface area contributed by atoms with E-state index >= 15 is 0 Å². The number of ether oxygens (including phenoxy) is 3. The molecule has 25 heavy (non-hydrogen) atoms. The van der Waals surface area contributed by atoms with Gasteiger partial charge in [-0.1, -0.05) is 0 Å². The van der Waals surface area contributed by atoms with Gasteiger partial charge in [0.2, 0.25) is 10.0 Å².